The molecule has 0 saturated heterocycles. The number of carbonyl (C=O) groups is 2. The highest BCUT2D eigenvalue weighted by molar-refractivity contribution is 7.12. The number of carbonyl (C=O) groups excluding carboxylic acids is 2. The van der Waals surface area contributed by atoms with Crippen molar-refractivity contribution in [1.82, 2.24) is 9.55 Å². The zero-order valence-electron chi connectivity index (χ0n) is 11.8. The smallest absolute Gasteiger partial charge is 0.275 e. The van der Waals surface area contributed by atoms with Gasteiger partial charge in [0.15, 0.2) is 10.9 Å². The first-order chi connectivity index (χ1) is 10.6. The number of Topliss-reactive ketones (excluding diaryl/α,β-unsaturated/α-hetero) is 1. The van der Waals surface area contributed by atoms with E-state index in [-0.39, 0.29) is 11.7 Å². The van der Waals surface area contributed by atoms with Gasteiger partial charge in [-0.2, -0.15) is 0 Å². The second-order valence-corrected chi connectivity index (χ2v) is 5.53. The van der Waals surface area contributed by atoms with Crippen molar-refractivity contribution in [3.63, 3.8) is 0 Å². The Labute approximate surface area is 131 Å². The van der Waals surface area contributed by atoms with Crippen LogP contribution in [0.25, 0.3) is 5.13 Å². The predicted molar refractivity (Wildman–Crippen MR) is 85.8 cm³/mol. The number of benzene rings is 1. The van der Waals surface area contributed by atoms with Crippen LogP contribution < -0.4 is 5.32 Å². The van der Waals surface area contributed by atoms with Crippen molar-refractivity contribution in [1.29, 1.82) is 0 Å². The summed E-state index contributed by atoms with van der Waals surface area (Å²) in [5.41, 5.74) is 1.61. The molecule has 6 heteroatoms. The van der Waals surface area contributed by atoms with Crippen LogP contribution in [0.4, 0.5) is 5.69 Å². The number of rotatable bonds is 4. The molecule has 1 N–H and O–H groups in total. The Balaban J connectivity index is 1.73. The highest BCUT2D eigenvalue weighted by Crippen LogP contribution is 2.17. The van der Waals surface area contributed by atoms with Gasteiger partial charge in [0.1, 0.15) is 5.69 Å². The molecule has 2 aromatic heterocycles. The molecule has 0 aliphatic rings. The largest absolute Gasteiger partial charge is 0.321 e. The zero-order valence-corrected chi connectivity index (χ0v) is 12.6. The Morgan fingerprint density at radius 1 is 1.14 bits per heavy atom. The molecule has 22 heavy (non-hydrogen) atoms. The maximum absolute atomic E-state index is 12.2. The molecule has 0 bridgehead atoms. The summed E-state index contributed by atoms with van der Waals surface area (Å²) in [6.07, 6.45) is 3.75. The van der Waals surface area contributed by atoms with E-state index < -0.39 is 0 Å². The van der Waals surface area contributed by atoms with Crippen LogP contribution in [0.2, 0.25) is 0 Å². The molecule has 2 heterocycles. The number of hydrogen-bond donors (Lipinski definition) is 1. The van der Waals surface area contributed by atoms with Crippen LogP contribution in [0.1, 0.15) is 27.8 Å². The summed E-state index contributed by atoms with van der Waals surface area (Å²) in [7, 11) is 0. The Bertz CT molecular complexity index is 804. The lowest BCUT2D eigenvalue weighted by molar-refractivity contribution is 0.101. The molecule has 0 aliphatic carbocycles. The second-order valence-electron chi connectivity index (χ2n) is 4.69. The summed E-state index contributed by atoms with van der Waals surface area (Å²) in [6.45, 7) is 1.51. The van der Waals surface area contributed by atoms with Crippen molar-refractivity contribution in [3.8, 4) is 5.13 Å². The van der Waals surface area contributed by atoms with Gasteiger partial charge in [-0.15, -0.1) is 11.3 Å². The summed E-state index contributed by atoms with van der Waals surface area (Å²) in [5, 5.41) is 5.22. The summed E-state index contributed by atoms with van der Waals surface area (Å²) < 4.78 is 1.85. The fourth-order valence-corrected chi connectivity index (χ4v) is 2.70. The van der Waals surface area contributed by atoms with E-state index >= 15 is 0 Å². The first-order valence-electron chi connectivity index (χ1n) is 6.65. The molecule has 0 unspecified atom stereocenters. The topological polar surface area (TPSA) is 64.0 Å². The molecule has 0 fully saturated rings. The number of aromatic nitrogens is 2. The molecule has 0 atom stereocenters. The third kappa shape index (κ3) is 2.96. The monoisotopic (exact) mass is 311 g/mol. The van der Waals surface area contributed by atoms with Crippen molar-refractivity contribution < 1.29 is 9.59 Å². The standard InChI is InChI=1S/C16H13N3O2S/c1-11(20)12-4-6-13(7-5-12)17-15(21)14-10-22-16(18-14)19-8-2-3-9-19/h2-10H,1H3,(H,17,21). The maximum Gasteiger partial charge on any atom is 0.275 e. The van der Waals surface area contributed by atoms with E-state index in [1.807, 2.05) is 29.1 Å². The fraction of sp³-hybridized carbons (Fsp3) is 0.0625. The van der Waals surface area contributed by atoms with E-state index in [1.54, 1.807) is 29.6 Å². The summed E-state index contributed by atoms with van der Waals surface area (Å²) in [5.74, 6) is -0.279. The van der Waals surface area contributed by atoms with Crippen LogP contribution in [-0.2, 0) is 0 Å². The number of anilines is 1. The van der Waals surface area contributed by atoms with Crippen molar-refractivity contribution >= 4 is 28.7 Å². The van der Waals surface area contributed by atoms with Crippen LogP contribution in [0, 0.1) is 0 Å². The van der Waals surface area contributed by atoms with Gasteiger partial charge in [-0.3, -0.25) is 9.59 Å². The number of ketones is 1. The van der Waals surface area contributed by atoms with Gasteiger partial charge >= 0.3 is 0 Å². The maximum atomic E-state index is 12.2. The van der Waals surface area contributed by atoms with Crippen molar-refractivity contribution in [3.05, 3.63) is 65.4 Å². The van der Waals surface area contributed by atoms with Gasteiger partial charge in [-0.05, 0) is 43.3 Å². The lowest BCUT2D eigenvalue weighted by atomic mass is 10.1. The van der Waals surface area contributed by atoms with E-state index in [0.717, 1.165) is 5.13 Å². The summed E-state index contributed by atoms with van der Waals surface area (Å²) in [4.78, 5) is 27.7. The average molecular weight is 311 g/mol. The molecule has 0 saturated carbocycles. The van der Waals surface area contributed by atoms with Crippen molar-refractivity contribution in [2.75, 3.05) is 5.32 Å². The number of nitrogens with one attached hydrogen (secondary N) is 1. The van der Waals surface area contributed by atoms with Gasteiger partial charge in [0.2, 0.25) is 0 Å². The fourth-order valence-electron chi connectivity index (χ4n) is 1.93. The molecule has 0 spiro atoms. The van der Waals surface area contributed by atoms with Crippen LogP contribution in [0.5, 0.6) is 0 Å². The van der Waals surface area contributed by atoms with Gasteiger partial charge in [-0.25, -0.2) is 4.98 Å². The van der Waals surface area contributed by atoms with Crippen LogP contribution in [-0.4, -0.2) is 21.2 Å². The van der Waals surface area contributed by atoms with E-state index in [1.165, 1.54) is 18.3 Å². The highest BCUT2D eigenvalue weighted by Gasteiger charge is 2.12. The Morgan fingerprint density at radius 2 is 1.82 bits per heavy atom. The number of amides is 1. The molecule has 1 amide bonds. The van der Waals surface area contributed by atoms with Gasteiger partial charge in [0, 0.05) is 29.0 Å². The molecule has 110 valence electrons. The lowest BCUT2D eigenvalue weighted by Gasteiger charge is -2.03. The van der Waals surface area contributed by atoms with E-state index in [9.17, 15) is 9.59 Å². The minimum Gasteiger partial charge on any atom is -0.321 e. The van der Waals surface area contributed by atoms with Crippen LogP contribution >= 0.6 is 11.3 Å². The summed E-state index contributed by atoms with van der Waals surface area (Å²) in [6, 6.07) is 10.6. The number of nitrogens with zero attached hydrogens (tertiary/aromatic N) is 2. The Hall–Kier alpha value is -2.73. The van der Waals surface area contributed by atoms with Gasteiger partial charge in [-0.1, -0.05) is 0 Å². The minimum absolute atomic E-state index is 0.00579. The first-order valence-corrected chi connectivity index (χ1v) is 7.52. The first kappa shape index (κ1) is 14.2. The molecule has 0 radical (unpaired) electrons. The molecular formula is C16H13N3O2S. The molecule has 3 aromatic rings. The Kier molecular flexibility index (Phi) is 3.84. The Morgan fingerprint density at radius 3 is 2.45 bits per heavy atom. The normalized spacial score (nSPS) is 10.4. The molecule has 3 rings (SSSR count). The molecule has 5 nitrogen and oxygen atoms in total. The average Bonchev–Trinajstić information content (AvgIpc) is 3.19. The van der Waals surface area contributed by atoms with Crippen molar-refractivity contribution in [2.45, 2.75) is 6.92 Å². The van der Waals surface area contributed by atoms with Gasteiger partial charge < -0.3 is 9.88 Å². The molecule has 0 aliphatic heterocycles. The minimum atomic E-state index is -0.273. The zero-order chi connectivity index (χ0) is 15.5. The van der Waals surface area contributed by atoms with Gasteiger partial charge in [0.25, 0.3) is 5.91 Å². The van der Waals surface area contributed by atoms with Crippen LogP contribution in [0.15, 0.2) is 54.2 Å². The second kappa shape index (κ2) is 5.95. The van der Waals surface area contributed by atoms with E-state index in [0.29, 0.717) is 16.9 Å². The third-order valence-corrected chi connectivity index (χ3v) is 3.95. The predicted octanol–water partition coefficient (Wildman–Crippen LogP) is 3.39. The SMILES string of the molecule is CC(=O)c1ccc(NC(=O)c2csc(-n3cccc3)n2)cc1. The van der Waals surface area contributed by atoms with Gasteiger partial charge in [0.05, 0.1) is 0 Å². The van der Waals surface area contributed by atoms with E-state index in [2.05, 4.69) is 10.3 Å². The van der Waals surface area contributed by atoms with Crippen molar-refractivity contribution in [2.24, 2.45) is 0 Å². The molecule has 1 aromatic carbocycles. The lowest BCUT2D eigenvalue weighted by Crippen LogP contribution is -2.12. The van der Waals surface area contributed by atoms with E-state index in [4.69, 9.17) is 0 Å². The third-order valence-electron chi connectivity index (χ3n) is 3.10. The summed E-state index contributed by atoms with van der Waals surface area (Å²) >= 11 is 1.40. The van der Waals surface area contributed by atoms with Crippen LogP contribution in [0.3, 0.4) is 0 Å². The number of hydrogen-bond acceptors (Lipinski definition) is 4. The quantitative estimate of drug-likeness (QED) is 0.751. The number of thiazole rings is 1. The highest BCUT2D eigenvalue weighted by atomic mass is 32.1. The molecular weight excluding hydrogens is 298 g/mol.